The van der Waals surface area contributed by atoms with E-state index in [9.17, 15) is 0 Å². The van der Waals surface area contributed by atoms with Crippen molar-refractivity contribution in [1.82, 2.24) is 10.6 Å². The smallest absolute Gasteiger partial charge is 0.00986 e. The third kappa shape index (κ3) is 1.40. The minimum atomic E-state index is 0.870. The highest BCUT2D eigenvalue weighted by atomic mass is 15.0. The Hall–Kier alpha value is -0.0800. The topological polar surface area (TPSA) is 24.1 Å². The molecule has 13 heavy (non-hydrogen) atoms. The standard InChI is InChI=1S/C11H20N2/c1-2-8-4-9-6-12-7-10(9)5-11(8)13-3-1/h8-13H,1-7H2. The Morgan fingerprint density at radius 1 is 0.923 bits per heavy atom. The molecule has 1 saturated carbocycles. The summed E-state index contributed by atoms with van der Waals surface area (Å²) >= 11 is 0. The summed E-state index contributed by atoms with van der Waals surface area (Å²) in [6, 6.07) is 0.870. The first-order valence-electron chi connectivity index (χ1n) is 5.87. The fourth-order valence-corrected chi connectivity index (χ4v) is 3.63. The van der Waals surface area contributed by atoms with Crippen molar-refractivity contribution in [3.8, 4) is 0 Å². The zero-order valence-electron chi connectivity index (χ0n) is 8.26. The van der Waals surface area contributed by atoms with E-state index >= 15 is 0 Å². The average Bonchev–Trinajstić information content (AvgIpc) is 2.61. The van der Waals surface area contributed by atoms with Crippen LogP contribution in [0, 0.1) is 17.8 Å². The third-order valence-electron chi connectivity index (χ3n) is 4.37. The number of fused-ring (bicyclic) bond motifs is 2. The van der Waals surface area contributed by atoms with E-state index in [4.69, 9.17) is 0 Å². The molecule has 0 spiro atoms. The maximum Gasteiger partial charge on any atom is 0.00986 e. The molecule has 3 fully saturated rings. The van der Waals surface area contributed by atoms with E-state index in [1.54, 1.807) is 0 Å². The summed E-state index contributed by atoms with van der Waals surface area (Å²) in [5, 5.41) is 7.25. The van der Waals surface area contributed by atoms with Gasteiger partial charge in [0.2, 0.25) is 0 Å². The Labute approximate surface area is 80.5 Å². The van der Waals surface area contributed by atoms with Crippen molar-refractivity contribution < 1.29 is 0 Å². The molecule has 3 rings (SSSR count). The van der Waals surface area contributed by atoms with Crippen molar-refractivity contribution in [3.05, 3.63) is 0 Å². The first kappa shape index (κ1) is 8.25. The molecule has 0 aromatic heterocycles. The van der Waals surface area contributed by atoms with E-state index < -0.39 is 0 Å². The molecule has 2 heteroatoms. The monoisotopic (exact) mass is 180 g/mol. The number of rotatable bonds is 0. The number of piperidine rings is 1. The molecule has 0 bridgehead atoms. The predicted molar refractivity (Wildman–Crippen MR) is 53.6 cm³/mol. The molecule has 0 aromatic rings. The summed E-state index contributed by atoms with van der Waals surface area (Å²) in [5.41, 5.74) is 0. The van der Waals surface area contributed by atoms with Gasteiger partial charge in [0.15, 0.2) is 0 Å². The summed E-state index contributed by atoms with van der Waals surface area (Å²) in [5.74, 6) is 3.02. The first-order chi connectivity index (χ1) is 6.43. The Morgan fingerprint density at radius 3 is 2.69 bits per heavy atom. The van der Waals surface area contributed by atoms with Crippen molar-refractivity contribution >= 4 is 0 Å². The predicted octanol–water partition coefficient (Wildman–Crippen LogP) is 0.984. The summed E-state index contributed by atoms with van der Waals surface area (Å²) in [6.07, 6.45) is 5.84. The number of nitrogens with one attached hydrogen (secondary N) is 2. The van der Waals surface area contributed by atoms with Gasteiger partial charge in [-0.3, -0.25) is 0 Å². The van der Waals surface area contributed by atoms with E-state index in [-0.39, 0.29) is 0 Å². The second-order valence-electron chi connectivity index (χ2n) is 5.11. The number of hydrogen-bond donors (Lipinski definition) is 2. The fourth-order valence-electron chi connectivity index (χ4n) is 3.63. The fraction of sp³-hybridized carbons (Fsp3) is 1.00. The van der Waals surface area contributed by atoms with Crippen LogP contribution in [0.5, 0.6) is 0 Å². The minimum Gasteiger partial charge on any atom is -0.316 e. The Kier molecular flexibility index (Phi) is 2.06. The molecule has 2 N–H and O–H groups in total. The third-order valence-corrected chi connectivity index (χ3v) is 4.37. The highest BCUT2D eigenvalue weighted by Gasteiger charge is 2.39. The van der Waals surface area contributed by atoms with Crippen LogP contribution in [0.15, 0.2) is 0 Å². The first-order valence-corrected chi connectivity index (χ1v) is 5.87. The quantitative estimate of drug-likeness (QED) is 0.581. The van der Waals surface area contributed by atoms with Crippen LogP contribution in [0.3, 0.4) is 0 Å². The Balaban J connectivity index is 1.71. The van der Waals surface area contributed by atoms with Gasteiger partial charge in [0.05, 0.1) is 0 Å². The molecule has 4 unspecified atom stereocenters. The van der Waals surface area contributed by atoms with E-state index in [1.165, 1.54) is 45.3 Å². The van der Waals surface area contributed by atoms with Crippen LogP contribution in [-0.2, 0) is 0 Å². The van der Waals surface area contributed by atoms with Crippen LogP contribution in [0.4, 0.5) is 0 Å². The molecule has 0 radical (unpaired) electrons. The lowest BCUT2D eigenvalue weighted by atomic mass is 9.70. The van der Waals surface area contributed by atoms with E-state index in [1.807, 2.05) is 0 Å². The van der Waals surface area contributed by atoms with Crippen LogP contribution in [0.1, 0.15) is 25.7 Å². The van der Waals surface area contributed by atoms with Gasteiger partial charge in [-0.15, -0.1) is 0 Å². The second-order valence-corrected chi connectivity index (χ2v) is 5.11. The molecule has 2 heterocycles. The number of hydrogen-bond acceptors (Lipinski definition) is 2. The van der Waals surface area contributed by atoms with Crippen molar-refractivity contribution in [1.29, 1.82) is 0 Å². The van der Waals surface area contributed by atoms with Gasteiger partial charge in [-0.05, 0) is 63.1 Å². The molecule has 2 saturated heterocycles. The summed E-state index contributed by atoms with van der Waals surface area (Å²) in [6.45, 7) is 3.86. The molecular weight excluding hydrogens is 160 g/mol. The molecule has 2 aliphatic heterocycles. The van der Waals surface area contributed by atoms with Crippen molar-refractivity contribution in [2.24, 2.45) is 17.8 Å². The SMILES string of the molecule is C1CNC2CC3CNCC3CC2C1. The Morgan fingerprint density at radius 2 is 1.77 bits per heavy atom. The van der Waals surface area contributed by atoms with Gasteiger partial charge < -0.3 is 10.6 Å². The maximum atomic E-state index is 3.71. The van der Waals surface area contributed by atoms with Crippen LogP contribution in [0.2, 0.25) is 0 Å². The van der Waals surface area contributed by atoms with Gasteiger partial charge in [0.25, 0.3) is 0 Å². The maximum absolute atomic E-state index is 3.71. The van der Waals surface area contributed by atoms with Crippen LogP contribution < -0.4 is 10.6 Å². The molecule has 2 nitrogen and oxygen atoms in total. The molecule has 0 amide bonds. The summed E-state index contributed by atoms with van der Waals surface area (Å²) in [4.78, 5) is 0. The highest BCUT2D eigenvalue weighted by Crippen LogP contribution is 2.39. The summed E-state index contributed by atoms with van der Waals surface area (Å²) < 4.78 is 0. The van der Waals surface area contributed by atoms with Crippen molar-refractivity contribution in [2.75, 3.05) is 19.6 Å². The van der Waals surface area contributed by atoms with Crippen molar-refractivity contribution in [2.45, 2.75) is 31.7 Å². The zero-order valence-corrected chi connectivity index (χ0v) is 8.26. The lowest BCUT2D eigenvalue weighted by molar-refractivity contribution is 0.137. The molecule has 74 valence electrons. The average molecular weight is 180 g/mol. The van der Waals surface area contributed by atoms with Gasteiger partial charge in [-0.25, -0.2) is 0 Å². The molecular formula is C11H20N2. The van der Waals surface area contributed by atoms with Crippen LogP contribution in [-0.4, -0.2) is 25.7 Å². The van der Waals surface area contributed by atoms with Crippen LogP contribution >= 0.6 is 0 Å². The Bertz CT molecular complexity index is 173. The molecule has 4 atom stereocenters. The highest BCUT2D eigenvalue weighted by molar-refractivity contribution is 4.95. The van der Waals surface area contributed by atoms with Gasteiger partial charge >= 0.3 is 0 Å². The van der Waals surface area contributed by atoms with Gasteiger partial charge in [0, 0.05) is 6.04 Å². The minimum absolute atomic E-state index is 0.870. The molecule has 0 aromatic carbocycles. The molecule has 3 aliphatic rings. The second kappa shape index (κ2) is 3.25. The van der Waals surface area contributed by atoms with E-state index in [0.29, 0.717) is 0 Å². The van der Waals surface area contributed by atoms with Crippen LogP contribution in [0.25, 0.3) is 0 Å². The van der Waals surface area contributed by atoms with Crippen molar-refractivity contribution in [3.63, 3.8) is 0 Å². The normalized spacial score (nSPS) is 49.8. The van der Waals surface area contributed by atoms with Gasteiger partial charge in [-0.1, -0.05) is 0 Å². The zero-order chi connectivity index (χ0) is 8.67. The molecule has 1 aliphatic carbocycles. The lowest BCUT2D eigenvalue weighted by Gasteiger charge is -2.41. The lowest BCUT2D eigenvalue weighted by Crippen LogP contribution is -2.47. The van der Waals surface area contributed by atoms with Gasteiger partial charge in [0.1, 0.15) is 0 Å². The summed E-state index contributed by atoms with van der Waals surface area (Å²) in [7, 11) is 0. The largest absolute Gasteiger partial charge is 0.316 e. The van der Waals surface area contributed by atoms with E-state index in [0.717, 1.165) is 23.8 Å². The van der Waals surface area contributed by atoms with Gasteiger partial charge in [-0.2, -0.15) is 0 Å². The van der Waals surface area contributed by atoms with E-state index in [2.05, 4.69) is 10.6 Å².